The first-order valence-corrected chi connectivity index (χ1v) is 11.1. The first-order valence-electron chi connectivity index (χ1n) is 11.1. The summed E-state index contributed by atoms with van der Waals surface area (Å²) in [5, 5.41) is 11.6. The van der Waals surface area contributed by atoms with Gasteiger partial charge in [0.25, 0.3) is 0 Å². The Bertz CT molecular complexity index is 767. The van der Waals surface area contributed by atoms with Gasteiger partial charge in [-0.2, -0.15) is 5.10 Å². The Labute approximate surface area is 180 Å². The van der Waals surface area contributed by atoms with Crippen molar-refractivity contribution in [3.05, 3.63) is 48.3 Å². The maximum absolute atomic E-state index is 5.53. The number of hydrogen-bond donors (Lipinski definition) is 2. The first-order chi connectivity index (χ1) is 14.7. The number of ether oxygens (including phenoxy) is 1. The summed E-state index contributed by atoms with van der Waals surface area (Å²) in [7, 11) is 0. The SMILES string of the molecule is CCNC(=NCc1ccn(-c2ccccc2)n1)NCC(CC(C)C)N1CCOCC1. The lowest BCUT2D eigenvalue weighted by molar-refractivity contribution is 0.0132. The van der Waals surface area contributed by atoms with Crippen LogP contribution in [0, 0.1) is 5.92 Å². The minimum absolute atomic E-state index is 0.482. The molecule has 30 heavy (non-hydrogen) atoms. The van der Waals surface area contributed by atoms with Crippen LogP contribution in [0.2, 0.25) is 0 Å². The van der Waals surface area contributed by atoms with E-state index in [9.17, 15) is 0 Å². The fourth-order valence-corrected chi connectivity index (χ4v) is 3.74. The second-order valence-corrected chi connectivity index (χ2v) is 8.09. The van der Waals surface area contributed by atoms with E-state index in [-0.39, 0.29) is 0 Å². The molecule has 7 nitrogen and oxygen atoms in total. The molecule has 0 spiro atoms. The summed E-state index contributed by atoms with van der Waals surface area (Å²) in [6, 6.07) is 12.6. The zero-order valence-corrected chi connectivity index (χ0v) is 18.6. The molecular formula is C23H36N6O. The predicted octanol–water partition coefficient (Wildman–Crippen LogP) is 2.67. The van der Waals surface area contributed by atoms with Gasteiger partial charge in [0, 0.05) is 38.4 Å². The maximum atomic E-state index is 5.53. The van der Waals surface area contributed by atoms with Crippen LogP contribution in [0.1, 0.15) is 32.9 Å². The highest BCUT2D eigenvalue weighted by Crippen LogP contribution is 2.13. The van der Waals surface area contributed by atoms with Gasteiger partial charge in [-0.1, -0.05) is 32.0 Å². The van der Waals surface area contributed by atoms with E-state index in [1.54, 1.807) is 0 Å². The monoisotopic (exact) mass is 412 g/mol. The van der Waals surface area contributed by atoms with Crippen LogP contribution in [-0.4, -0.2) is 66.1 Å². The molecule has 2 N–H and O–H groups in total. The fraction of sp³-hybridized carbons (Fsp3) is 0.565. The van der Waals surface area contributed by atoms with Gasteiger partial charge in [0.05, 0.1) is 31.1 Å². The van der Waals surface area contributed by atoms with Gasteiger partial charge in [-0.25, -0.2) is 9.67 Å². The molecule has 1 aliphatic heterocycles. The van der Waals surface area contributed by atoms with Crippen molar-refractivity contribution < 1.29 is 4.74 Å². The van der Waals surface area contributed by atoms with E-state index in [2.05, 4.69) is 41.4 Å². The number of benzene rings is 1. The van der Waals surface area contributed by atoms with Crippen molar-refractivity contribution in [1.82, 2.24) is 25.3 Å². The molecule has 1 aromatic carbocycles. The standard InChI is InChI=1S/C23H36N6O/c1-4-24-23(26-18-22(16-19(2)3)28-12-14-30-15-13-28)25-17-20-10-11-29(27-20)21-8-6-5-7-9-21/h5-11,19,22H,4,12-18H2,1-3H3,(H2,24,25,26). The van der Waals surface area contributed by atoms with Crippen molar-refractivity contribution in [2.75, 3.05) is 39.4 Å². The Kier molecular flexibility index (Phi) is 8.71. The third kappa shape index (κ3) is 6.85. The van der Waals surface area contributed by atoms with Gasteiger partial charge in [-0.05, 0) is 37.5 Å². The zero-order valence-electron chi connectivity index (χ0n) is 18.6. The number of nitrogens with zero attached hydrogens (tertiary/aromatic N) is 4. The van der Waals surface area contributed by atoms with Crippen LogP contribution in [-0.2, 0) is 11.3 Å². The Hall–Kier alpha value is -2.38. The normalized spacial score (nSPS) is 16.6. The van der Waals surface area contributed by atoms with Crippen molar-refractivity contribution in [1.29, 1.82) is 0 Å². The molecule has 3 rings (SSSR count). The number of aliphatic imine (C=N–C) groups is 1. The Morgan fingerprint density at radius 3 is 2.60 bits per heavy atom. The number of hydrogen-bond acceptors (Lipinski definition) is 4. The second-order valence-electron chi connectivity index (χ2n) is 8.09. The fourth-order valence-electron chi connectivity index (χ4n) is 3.74. The lowest BCUT2D eigenvalue weighted by Crippen LogP contribution is -2.51. The highest BCUT2D eigenvalue weighted by molar-refractivity contribution is 5.79. The van der Waals surface area contributed by atoms with Crippen LogP contribution < -0.4 is 10.6 Å². The minimum atomic E-state index is 0.482. The molecule has 0 saturated carbocycles. The van der Waals surface area contributed by atoms with E-state index >= 15 is 0 Å². The van der Waals surface area contributed by atoms with Crippen LogP contribution in [0.15, 0.2) is 47.6 Å². The summed E-state index contributed by atoms with van der Waals surface area (Å²) in [6.07, 6.45) is 3.14. The second kappa shape index (κ2) is 11.7. The van der Waals surface area contributed by atoms with Gasteiger partial charge in [0.2, 0.25) is 0 Å². The van der Waals surface area contributed by atoms with Crippen molar-refractivity contribution in [2.24, 2.45) is 10.9 Å². The van der Waals surface area contributed by atoms with Crippen LogP contribution in [0.25, 0.3) is 5.69 Å². The van der Waals surface area contributed by atoms with Crippen LogP contribution in [0.4, 0.5) is 0 Å². The summed E-state index contributed by atoms with van der Waals surface area (Å²) in [5.41, 5.74) is 2.00. The zero-order chi connectivity index (χ0) is 21.2. The van der Waals surface area contributed by atoms with Gasteiger partial charge >= 0.3 is 0 Å². The molecule has 1 saturated heterocycles. The highest BCUT2D eigenvalue weighted by atomic mass is 16.5. The molecule has 1 atom stereocenters. The number of nitrogens with one attached hydrogen (secondary N) is 2. The van der Waals surface area contributed by atoms with E-state index < -0.39 is 0 Å². The largest absolute Gasteiger partial charge is 0.379 e. The van der Waals surface area contributed by atoms with Gasteiger partial charge in [-0.3, -0.25) is 4.90 Å². The summed E-state index contributed by atoms with van der Waals surface area (Å²) >= 11 is 0. The molecule has 0 bridgehead atoms. The third-order valence-corrected chi connectivity index (χ3v) is 5.22. The van der Waals surface area contributed by atoms with E-state index in [1.807, 2.05) is 47.3 Å². The molecule has 0 radical (unpaired) electrons. The number of morpholine rings is 1. The maximum Gasteiger partial charge on any atom is 0.191 e. The van der Waals surface area contributed by atoms with E-state index in [4.69, 9.17) is 9.73 Å². The van der Waals surface area contributed by atoms with Gasteiger partial charge in [-0.15, -0.1) is 0 Å². The quantitative estimate of drug-likeness (QED) is 0.490. The Morgan fingerprint density at radius 1 is 1.13 bits per heavy atom. The molecule has 0 aliphatic carbocycles. The van der Waals surface area contributed by atoms with E-state index in [0.717, 1.165) is 63.2 Å². The molecule has 1 aromatic heterocycles. The van der Waals surface area contributed by atoms with Crippen molar-refractivity contribution >= 4 is 5.96 Å². The summed E-state index contributed by atoms with van der Waals surface area (Å²) in [5.74, 6) is 1.50. The van der Waals surface area contributed by atoms with E-state index in [0.29, 0.717) is 18.5 Å². The van der Waals surface area contributed by atoms with Crippen molar-refractivity contribution in [2.45, 2.75) is 39.8 Å². The summed E-state index contributed by atoms with van der Waals surface area (Å²) in [4.78, 5) is 7.31. The van der Waals surface area contributed by atoms with Crippen LogP contribution >= 0.6 is 0 Å². The Balaban J connectivity index is 1.60. The van der Waals surface area contributed by atoms with Crippen LogP contribution in [0.3, 0.4) is 0 Å². The van der Waals surface area contributed by atoms with Gasteiger partial charge in [0.15, 0.2) is 5.96 Å². The average molecular weight is 413 g/mol. The predicted molar refractivity (Wildman–Crippen MR) is 122 cm³/mol. The topological polar surface area (TPSA) is 66.7 Å². The van der Waals surface area contributed by atoms with Crippen LogP contribution in [0.5, 0.6) is 0 Å². The molecule has 2 aromatic rings. The number of rotatable bonds is 9. The lowest BCUT2D eigenvalue weighted by atomic mass is 10.0. The van der Waals surface area contributed by atoms with E-state index in [1.165, 1.54) is 0 Å². The Morgan fingerprint density at radius 2 is 1.90 bits per heavy atom. The molecule has 1 aliphatic rings. The smallest absolute Gasteiger partial charge is 0.191 e. The molecular weight excluding hydrogens is 376 g/mol. The van der Waals surface area contributed by atoms with Crippen molar-refractivity contribution in [3.8, 4) is 5.69 Å². The molecule has 2 heterocycles. The molecule has 1 fully saturated rings. The molecule has 164 valence electrons. The molecule has 0 amide bonds. The third-order valence-electron chi connectivity index (χ3n) is 5.22. The van der Waals surface area contributed by atoms with Gasteiger partial charge in [0.1, 0.15) is 0 Å². The lowest BCUT2D eigenvalue weighted by Gasteiger charge is -2.35. The highest BCUT2D eigenvalue weighted by Gasteiger charge is 2.22. The summed E-state index contributed by atoms with van der Waals surface area (Å²) in [6.45, 7) is 12.6. The van der Waals surface area contributed by atoms with Crippen molar-refractivity contribution in [3.63, 3.8) is 0 Å². The van der Waals surface area contributed by atoms with Gasteiger partial charge < -0.3 is 15.4 Å². The average Bonchev–Trinajstić information content (AvgIpc) is 3.25. The molecule has 7 heteroatoms. The number of aromatic nitrogens is 2. The molecule has 1 unspecified atom stereocenters. The first kappa shape index (κ1) is 22.3. The summed E-state index contributed by atoms with van der Waals surface area (Å²) < 4.78 is 7.42. The number of guanidine groups is 1. The minimum Gasteiger partial charge on any atom is -0.379 e. The number of para-hydroxylation sites is 1.